The molecule has 1 aromatic heterocycles. The molecule has 0 saturated carbocycles. The van der Waals surface area contributed by atoms with Crippen LogP contribution in [-0.2, 0) is 16.0 Å². The number of rotatable bonds is 2. The summed E-state index contributed by atoms with van der Waals surface area (Å²) in [5.41, 5.74) is 5.88. The summed E-state index contributed by atoms with van der Waals surface area (Å²) in [5.74, 6) is -0.317. The number of H-pyrrole nitrogens is 1. The van der Waals surface area contributed by atoms with Gasteiger partial charge in [-0.3, -0.25) is 4.79 Å². The van der Waals surface area contributed by atoms with Crippen LogP contribution in [0.4, 0.5) is 0 Å². The molecule has 0 unspecified atom stereocenters. The number of carbonyl (C=O) groups is 1. The van der Waals surface area contributed by atoms with Gasteiger partial charge in [0.1, 0.15) is 5.54 Å². The molecule has 1 aliphatic rings. The van der Waals surface area contributed by atoms with Crippen LogP contribution >= 0.6 is 0 Å². The van der Waals surface area contributed by atoms with E-state index in [0.717, 1.165) is 5.69 Å². The number of esters is 1. The molecule has 3 N–H and O–H groups in total. The molecule has 5 nitrogen and oxygen atoms in total. The molecule has 70 valence electrons. The van der Waals surface area contributed by atoms with Crippen LogP contribution in [0, 0.1) is 0 Å². The predicted octanol–water partition coefficient (Wildman–Crippen LogP) is -0.403. The van der Waals surface area contributed by atoms with Crippen molar-refractivity contribution < 1.29 is 9.53 Å². The summed E-state index contributed by atoms with van der Waals surface area (Å²) in [7, 11) is 0. The molecule has 0 spiro atoms. The van der Waals surface area contributed by atoms with E-state index in [2.05, 4.69) is 9.97 Å². The Bertz CT molecular complexity index is 309. The van der Waals surface area contributed by atoms with Gasteiger partial charge < -0.3 is 15.5 Å². The standard InChI is InChI=1S/C8H11N3O2/c9-8(1-2-13-7(8)12)3-6-4-10-5-11-6/h4-5H,1-3,9H2,(H,10,11)/t8-/m1/s1. The molecule has 1 fully saturated rings. The fraction of sp³-hybridized carbons (Fsp3) is 0.500. The second-order valence-corrected chi connectivity index (χ2v) is 3.30. The molecule has 2 rings (SSSR count). The van der Waals surface area contributed by atoms with Crippen molar-refractivity contribution in [3.63, 3.8) is 0 Å². The van der Waals surface area contributed by atoms with Crippen molar-refractivity contribution in [2.24, 2.45) is 5.73 Å². The van der Waals surface area contributed by atoms with Gasteiger partial charge in [-0.05, 0) is 0 Å². The lowest BCUT2D eigenvalue weighted by Gasteiger charge is -2.16. The van der Waals surface area contributed by atoms with Crippen molar-refractivity contribution in [2.45, 2.75) is 18.4 Å². The minimum atomic E-state index is -0.855. The summed E-state index contributed by atoms with van der Waals surface area (Å²) in [5, 5.41) is 0. The maximum absolute atomic E-state index is 11.2. The molecule has 1 aromatic rings. The van der Waals surface area contributed by atoms with Crippen molar-refractivity contribution in [3.8, 4) is 0 Å². The van der Waals surface area contributed by atoms with Crippen LogP contribution in [0.5, 0.6) is 0 Å². The van der Waals surface area contributed by atoms with E-state index in [4.69, 9.17) is 10.5 Å². The number of imidazole rings is 1. The fourth-order valence-electron chi connectivity index (χ4n) is 1.45. The van der Waals surface area contributed by atoms with Gasteiger partial charge in [-0.25, -0.2) is 4.98 Å². The second kappa shape index (κ2) is 2.85. The highest BCUT2D eigenvalue weighted by atomic mass is 16.5. The molecular weight excluding hydrogens is 170 g/mol. The Balaban J connectivity index is 2.13. The highest BCUT2D eigenvalue weighted by Gasteiger charge is 2.41. The van der Waals surface area contributed by atoms with Crippen LogP contribution in [0.2, 0.25) is 0 Å². The van der Waals surface area contributed by atoms with E-state index < -0.39 is 5.54 Å². The summed E-state index contributed by atoms with van der Waals surface area (Å²) in [6, 6.07) is 0. The lowest BCUT2D eigenvalue weighted by atomic mass is 9.93. The summed E-state index contributed by atoms with van der Waals surface area (Å²) in [4.78, 5) is 18.0. The monoisotopic (exact) mass is 181 g/mol. The number of nitrogens with zero attached hydrogens (tertiary/aromatic N) is 1. The Morgan fingerprint density at radius 2 is 2.62 bits per heavy atom. The Labute approximate surface area is 75.3 Å². The van der Waals surface area contributed by atoms with Crippen LogP contribution < -0.4 is 5.73 Å². The number of hydrogen-bond donors (Lipinski definition) is 2. The van der Waals surface area contributed by atoms with Crippen molar-refractivity contribution in [2.75, 3.05) is 6.61 Å². The lowest BCUT2D eigenvalue weighted by Crippen LogP contribution is -2.46. The minimum absolute atomic E-state index is 0.317. The largest absolute Gasteiger partial charge is 0.464 e. The quantitative estimate of drug-likeness (QED) is 0.608. The fourth-order valence-corrected chi connectivity index (χ4v) is 1.45. The first-order valence-corrected chi connectivity index (χ1v) is 4.14. The van der Waals surface area contributed by atoms with Crippen LogP contribution in [-0.4, -0.2) is 28.1 Å². The van der Waals surface area contributed by atoms with E-state index in [0.29, 0.717) is 19.4 Å². The Morgan fingerprint density at radius 1 is 1.77 bits per heavy atom. The van der Waals surface area contributed by atoms with Crippen LogP contribution in [0.15, 0.2) is 12.5 Å². The normalized spacial score (nSPS) is 27.6. The zero-order chi connectivity index (χ0) is 9.31. The van der Waals surface area contributed by atoms with Gasteiger partial charge in [-0.15, -0.1) is 0 Å². The number of carbonyl (C=O) groups excluding carboxylic acids is 1. The molecule has 5 heteroatoms. The Hall–Kier alpha value is -1.36. The lowest BCUT2D eigenvalue weighted by molar-refractivity contribution is -0.142. The van der Waals surface area contributed by atoms with Gasteiger partial charge in [0.2, 0.25) is 0 Å². The first kappa shape index (κ1) is 8.25. The molecule has 1 atom stereocenters. The third-order valence-corrected chi connectivity index (χ3v) is 2.25. The van der Waals surface area contributed by atoms with Crippen molar-refractivity contribution in [1.82, 2.24) is 9.97 Å². The summed E-state index contributed by atoms with van der Waals surface area (Å²) in [6.07, 6.45) is 4.27. The third-order valence-electron chi connectivity index (χ3n) is 2.25. The molecule has 0 aromatic carbocycles. The van der Waals surface area contributed by atoms with Gasteiger partial charge >= 0.3 is 5.97 Å². The van der Waals surface area contributed by atoms with Crippen LogP contribution in [0.25, 0.3) is 0 Å². The van der Waals surface area contributed by atoms with E-state index >= 15 is 0 Å². The zero-order valence-electron chi connectivity index (χ0n) is 7.12. The van der Waals surface area contributed by atoms with E-state index in [9.17, 15) is 4.79 Å². The van der Waals surface area contributed by atoms with Gasteiger partial charge in [0.25, 0.3) is 0 Å². The molecule has 0 bridgehead atoms. The molecular formula is C8H11N3O2. The summed E-state index contributed by atoms with van der Waals surface area (Å²) in [6.45, 7) is 0.420. The first-order valence-electron chi connectivity index (χ1n) is 4.14. The maximum atomic E-state index is 11.2. The summed E-state index contributed by atoms with van der Waals surface area (Å²) >= 11 is 0. The average molecular weight is 181 g/mol. The number of aromatic amines is 1. The van der Waals surface area contributed by atoms with E-state index in [1.807, 2.05) is 0 Å². The molecule has 2 heterocycles. The van der Waals surface area contributed by atoms with Crippen LogP contribution in [0.1, 0.15) is 12.1 Å². The number of hydrogen-bond acceptors (Lipinski definition) is 4. The maximum Gasteiger partial charge on any atom is 0.326 e. The molecule has 1 saturated heterocycles. The van der Waals surface area contributed by atoms with Crippen molar-refractivity contribution in [3.05, 3.63) is 18.2 Å². The van der Waals surface area contributed by atoms with Crippen molar-refractivity contribution in [1.29, 1.82) is 0 Å². The first-order chi connectivity index (χ1) is 6.21. The minimum Gasteiger partial charge on any atom is -0.464 e. The van der Waals surface area contributed by atoms with Crippen molar-refractivity contribution >= 4 is 5.97 Å². The molecule has 0 radical (unpaired) electrons. The number of aromatic nitrogens is 2. The molecule has 0 aliphatic carbocycles. The number of nitrogens with one attached hydrogen (secondary N) is 1. The predicted molar refractivity (Wildman–Crippen MR) is 44.8 cm³/mol. The SMILES string of the molecule is N[C@@]1(Cc2cnc[nH]2)CCOC1=O. The molecule has 1 aliphatic heterocycles. The van der Waals surface area contributed by atoms with Gasteiger partial charge in [-0.2, -0.15) is 0 Å². The molecule has 0 amide bonds. The van der Waals surface area contributed by atoms with E-state index in [1.165, 1.54) is 0 Å². The van der Waals surface area contributed by atoms with E-state index in [-0.39, 0.29) is 5.97 Å². The Morgan fingerprint density at radius 3 is 3.15 bits per heavy atom. The van der Waals surface area contributed by atoms with Crippen LogP contribution in [0.3, 0.4) is 0 Å². The van der Waals surface area contributed by atoms with Gasteiger partial charge in [0.05, 0.1) is 12.9 Å². The smallest absolute Gasteiger partial charge is 0.326 e. The number of cyclic esters (lactones) is 1. The number of ether oxygens (including phenoxy) is 1. The topological polar surface area (TPSA) is 81.0 Å². The number of nitrogens with two attached hydrogens (primary N) is 1. The van der Waals surface area contributed by atoms with Gasteiger partial charge in [-0.1, -0.05) is 0 Å². The zero-order valence-corrected chi connectivity index (χ0v) is 7.12. The van der Waals surface area contributed by atoms with Gasteiger partial charge in [0, 0.05) is 24.7 Å². The summed E-state index contributed by atoms with van der Waals surface area (Å²) < 4.78 is 4.82. The van der Waals surface area contributed by atoms with Gasteiger partial charge in [0.15, 0.2) is 0 Å². The second-order valence-electron chi connectivity index (χ2n) is 3.30. The third kappa shape index (κ3) is 1.42. The Kier molecular flexibility index (Phi) is 1.81. The highest BCUT2D eigenvalue weighted by Crippen LogP contribution is 2.21. The highest BCUT2D eigenvalue weighted by molar-refractivity contribution is 5.82. The molecule has 13 heavy (non-hydrogen) atoms. The average Bonchev–Trinajstić information content (AvgIpc) is 2.65. The van der Waals surface area contributed by atoms with E-state index in [1.54, 1.807) is 12.5 Å².